The molecule has 0 nitrogen and oxygen atoms in total. The zero-order valence-corrected chi connectivity index (χ0v) is 16.5. The van der Waals surface area contributed by atoms with Crippen LogP contribution in [0, 0.1) is 0 Å². The zero-order chi connectivity index (χ0) is 14.9. The van der Waals surface area contributed by atoms with E-state index >= 15 is 0 Å². The van der Waals surface area contributed by atoms with Crippen molar-refractivity contribution in [2.75, 3.05) is 0 Å². The highest BCUT2D eigenvalue weighted by molar-refractivity contribution is 9.11. The SMILES string of the molecule is CC(C)c1c(Br)c(C(C)C)c(CCl)c(C(C)C)c1Br. The lowest BCUT2D eigenvalue weighted by Gasteiger charge is -2.26. The highest BCUT2D eigenvalue weighted by atomic mass is 79.9. The quantitative estimate of drug-likeness (QED) is 0.456. The Bertz CT molecular complexity index is 427. The fraction of sp³-hybridized carbons (Fsp3) is 0.625. The minimum Gasteiger partial charge on any atom is -0.122 e. The van der Waals surface area contributed by atoms with Gasteiger partial charge in [0, 0.05) is 14.8 Å². The number of hydrogen-bond donors (Lipinski definition) is 0. The van der Waals surface area contributed by atoms with Gasteiger partial charge in [-0.3, -0.25) is 0 Å². The third kappa shape index (κ3) is 3.39. The molecule has 1 aromatic rings. The van der Waals surface area contributed by atoms with Crippen molar-refractivity contribution in [2.45, 2.75) is 65.2 Å². The summed E-state index contributed by atoms with van der Waals surface area (Å²) in [6.45, 7) is 13.4. The molecule has 0 unspecified atom stereocenters. The van der Waals surface area contributed by atoms with E-state index in [1.54, 1.807) is 0 Å². The van der Waals surface area contributed by atoms with E-state index in [1.807, 2.05) is 0 Å². The lowest BCUT2D eigenvalue weighted by atomic mass is 9.85. The van der Waals surface area contributed by atoms with Gasteiger partial charge in [-0.25, -0.2) is 0 Å². The average molecular weight is 411 g/mol. The molecule has 0 aliphatic heterocycles. The zero-order valence-electron chi connectivity index (χ0n) is 12.6. The lowest BCUT2D eigenvalue weighted by molar-refractivity contribution is 0.774. The van der Waals surface area contributed by atoms with Crippen LogP contribution in [0.25, 0.3) is 0 Å². The van der Waals surface area contributed by atoms with Crippen LogP contribution >= 0.6 is 43.5 Å². The summed E-state index contributed by atoms with van der Waals surface area (Å²) in [5.41, 5.74) is 5.38. The van der Waals surface area contributed by atoms with Crippen molar-refractivity contribution in [3.63, 3.8) is 0 Å². The number of halogens is 3. The summed E-state index contributed by atoms with van der Waals surface area (Å²) in [5.74, 6) is 1.97. The molecular weight excluding hydrogens is 387 g/mol. The summed E-state index contributed by atoms with van der Waals surface area (Å²) in [4.78, 5) is 0. The van der Waals surface area contributed by atoms with Crippen molar-refractivity contribution >= 4 is 43.5 Å². The molecule has 0 N–H and O–H groups in total. The van der Waals surface area contributed by atoms with Crippen LogP contribution in [0.3, 0.4) is 0 Å². The smallest absolute Gasteiger partial charge is 0.0480 e. The van der Waals surface area contributed by atoms with Gasteiger partial charge in [0.1, 0.15) is 0 Å². The van der Waals surface area contributed by atoms with E-state index < -0.39 is 0 Å². The summed E-state index contributed by atoms with van der Waals surface area (Å²) >= 11 is 13.9. The second kappa shape index (κ2) is 6.95. The normalized spacial score (nSPS) is 12.0. The third-order valence-electron chi connectivity index (χ3n) is 3.46. The van der Waals surface area contributed by atoms with Crippen molar-refractivity contribution in [3.8, 4) is 0 Å². The van der Waals surface area contributed by atoms with Crippen molar-refractivity contribution in [3.05, 3.63) is 31.2 Å². The first kappa shape index (κ1) is 17.5. The summed E-state index contributed by atoms with van der Waals surface area (Å²) in [7, 11) is 0. The second-order valence-corrected chi connectivity index (χ2v) is 7.80. The summed E-state index contributed by atoms with van der Waals surface area (Å²) in [5, 5.41) is 0. The van der Waals surface area contributed by atoms with Gasteiger partial charge in [-0.1, -0.05) is 73.4 Å². The van der Waals surface area contributed by atoms with E-state index in [-0.39, 0.29) is 0 Å². The number of benzene rings is 1. The maximum atomic E-state index is 6.26. The molecule has 0 atom stereocenters. The van der Waals surface area contributed by atoms with Crippen molar-refractivity contribution < 1.29 is 0 Å². The summed E-state index contributed by atoms with van der Waals surface area (Å²) in [6.07, 6.45) is 0. The lowest BCUT2D eigenvalue weighted by Crippen LogP contribution is -2.09. The summed E-state index contributed by atoms with van der Waals surface area (Å²) < 4.78 is 2.45. The standard InChI is InChI=1S/C16H23Br2Cl/c1-8(2)12-11(7-19)13(9(3)4)16(18)14(10(5)6)15(12)17/h8-10H,7H2,1-6H3. The Balaban J connectivity index is 3.82. The Morgan fingerprint density at radius 1 is 0.737 bits per heavy atom. The van der Waals surface area contributed by atoms with E-state index in [2.05, 4.69) is 73.4 Å². The molecule has 1 aromatic carbocycles. The number of hydrogen-bond acceptors (Lipinski definition) is 0. The van der Waals surface area contributed by atoms with Gasteiger partial charge < -0.3 is 0 Å². The van der Waals surface area contributed by atoms with Crippen molar-refractivity contribution in [1.82, 2.24) is 0 Å². The first-order valence-corrected chi connectivity index (χ1v) is 8.95. The first-order chi connectivity index (χ1) is 8.73. The maximum absolute atomic E-state index is 6.26. The van der Waals surface area contributed by atoms with Gasteiger partial charge in [-0.15, -0.1) is 11.6 Å². The molecule has 0 fully saturated rings. The van der Waals surface area contributed by atoms with Gasteiger partial charge in [0.15, 0.2) is 0 Å². The first-order valence-electron chi connectivity index (χ1n) is 6.83. The molecule has 0 saturated carbocycles. The predicted octanol–water partition coefficient (Wildman–Crippen LogP) is 7.32. The van der Waals surface area contributed by atoms with E-state index in [9.17, 15) is 0 Å². The topological polar surface area (TPSA) is 0 Å². The van der Waals surface area contributed by atoms with Crippen LogP contribution in [0.4, 0.5) is 0 Å². The van der Waals surface area contributed by atoms with Crippen LogP contribution in [0.15, 0.2) is 8.95 Å². The minimum atomic E-state index is 0.464. The van der Waals surface area contributed by atoms with E-state index in [4.69, 9.17) is 11.6 Å². The van der Waals surface area contributed by atoms with Gasteiger partial charge in [0.25, 0.3) is 0 Å². The van der Waals surface area contributed by atoms with Gasteiger partial charge in [-0.2, -0.15) is 0 Å². The molecule has 0 aromatic heterocycles. The van der Waals surface area contributed by atoms with E-state index in [1.165, 1.54) is 31.2 Å². The van der Waals surface area contributed by atoms with Crippen LogP contribution in [0.2, 0.25) is 0 Å². The van der Waals surface area contributed by atoms with Crippen molar-refractivity contribution in [1.29, 1.82) is 0 Å². The van der Waals surface area contributed by atoms with E-state index in [0.717, 1.165) is 0 Å². The van der Waals surface area contributed by atoms with Gasteiger partial charge >= 0.3 is 0 Å². The van der Waals surface area contributed by atoms with Crippen LogP contribution in [0.5, 0.6) is 0 Å². The van der Waals surface area contributed by atoms with Crippen LogP contribution < -0.4 is 0 Å². The molecule has 3 heteroatoms. The molecule has 19 heavy (non-hydrogen) atoms. The Labute approximate surface area is 139 Å². The molecule has 0 saturated heterocycles. The van der Waals surface area contributed by atoms with Crippen molar-refractivity contribution in [2.24, 2.45) is 0 Å². The predicted molar refractivity (Wildman–Crippen MR) is 93.7 cm³/mol. The summed E-state index contributed by atoms with van der Waals surface area (Å²) in [6, 6.07) is 0. The maximum Gasteiger partial charge on any atom is 0.0480 e. The molecule has 0 spiro atoms. The van der Waals surface area contributed by atoms with Gasteiger partial charge in [-0.05, 0) is 40.0 Å². The van der Waals surface area contributed by atoms with Gasteiger partial charge in [0.2, 0.25) is 0 Å². The number of alkyl halides is 1. The fourth-order valence-corrected chi connectivity index (χ4v) is 5.91. The Kier molecular flexibility index (Phi) is 6.41. The molecule has 0 amide bonds. The molecule has 1 rings (SSSR count). The molecule has 0 aliphatic rings. The highest BCUT2D eigenvalue weighted by Gasteiger charge is 2.24. The molecule has 0 heterocycles. The largest absolute Gasteiger partial charge is 0.122 e. The monoisotopic (exact) mass is 408 g/mol. The Morgan fingerprint density at radius 3 is 1.26 bits per heavy atom. The van der Waals surface area contributed by atoms with Crippen LogP contribution in [-0.2, 0) is 5.88 Å². The average Bonchev–Trinajstić information content (AvgIpc) is 2.25. The molecule has 0 aliphatic carbocycles. The van der Waals surface area contributed by atoms with Gasteiger partial charge in [0.05, 0.1) is 0 Å². The molecule has 0 radical (unpaired) electrons. The third-order valence-corrected chi connectivity index (χ3v) is 5.44. The highest BCUT2D eigenvalue weighted by Crippen LogP contribution is 2.45. The Hall–Kier alpha value is 0.470. The van der Waals surface area contributed by atoms with E-state index in [0.29, 0.717) is 23.6 Å². The second-order valence-electron chi connectivity index (χ2n) is 5.95. The fourth-order valence-electron chi connectivity index (χ4n) is 2.65. The van der Waals surface area contributed by atoms with Crippen LogP contribution in [0.1, 0.15) is 81.5 Å². The molecule has 0 bridgehead atoms. The van der Waals surface area contributed by atoms with Crippen LogP contribution in [-0.4, -0.2) is 0 Å². The molecule has 108 valence electrons. The minimum absolute atomic E-state index is 0.464. The Morgan fingerprint density at radius 2 is 1.05 bits per heavy atom. The molecular formula is C16H23Br2Cl. The number of rotatable bonds is 4.